The summed E-state index contributed by atoms with van der Waals surface area (Å²) in [4.78, 5) is 0. The predicted molar refractivity (Wildman–Crippen MR) is 96.7 cm³/mol. The second kappa shape index (κ2) is 5.06. The van der Waals surface area contributed by atoms with Gasteiger partial charge in [-0.2, -0.15) is 0 Å². The fourth-order valence-corrected chi connectivity index (χ4v) is 5.93. The molecule has 1 saturated heterocycles. The Morgan fingerprint density at radius 3 is 2.04 bits per heavy atom. The molecule has 0 atom stereocenters. The lowest BCUT2D eigenvalue weighted by Crippen LogP contribution is -2.51. The SMILES string of the molecule is c1ccc2c(c1)C1C3=C(CCCC3)C2(C2OCCO2)c2ccccc21. The van der Waals surface area contributed by atoms with Crippen LogP contribution in [-0.4, -0.2) is 19.5 Å². The summed E-state index contributed by atoms with van der Waals surface area (Å²) >= 11 is 0. The van der Waals surface area contributed by atoms with Crippen LogP contribution in [0.5, 0.6) is 0 Å². The van der Waals surface area contributed by atoms with E-state index in [1.165, 1.54) is 47.9 Å². The van der Waals surface area contributed by atoms with E-state index in [1.54, 1.807) is 11.1 Å². The lowest BCUT2D eigenvalue weighted by Gasteiger charge is -2.54. The monoisotopic (exact) mass is 330 g/mol. The molecule has 126 valence electrons. The van der Waals surface area contributed by atoms with Crippen molar-refractivity contribution >= 4 is 0 Å². The van der Waals surface area contributed by atoms with Gasteiger partial charge in [-0.1, -0.05) is 59.7 Å². The zero-order valence-electron chi connectivity index (χ0n) is 14.3. The van der Waals surface area contributed by atoms with Gasteiger partial charge in [-0.05, 0) is 47.9 Å². The maximum Gasteiger partial charge on any atom is 0.175 e. The average molecular weight is 330 g/mol. The Kier molecular flexibility index (Phi) is 2.89. The van der Waals surface area contributed by atoms with Crippen molar-refractivity contribution in [3.05, 3.63) is 81.9 Å². The second-order valence-corrected chi connectivity index (χ2v) is 7.70. The summed E-state index contributed by atoms with van der Waals surface area (Å²) in [6.07, 6.45) is 4.79. The Labute approximate surface area is 148 Å². The molecule has 0 amide bonds. The first-order valence-corrected chi connectivity index (χ1v) is 9.57. The third-order valence-corrected chi connectivity index (χ3v) is 6.70. The molecule has 1 aliphatic heterocycles. The van der Waals surface area contributed by atoms with Crippen molar-refractivity contribution < 1.29 is 9.47 Å². The highest BCUT2D eigenvalue weighted by atomic mass is 16.7. The van der Waals surface area contributed by atoms with E-state index < -0.39 is 0 Å². The fraction of sp³-hybridized carbons (Fsp3) is 0.391. The highest BCUT2D eigenvalue weighted by molar-refractivity contribution is 5.70. The van der Waals surface area contributed by atoms with E-state index in [1.807, 2.05) is 0 Å². The van der Waals surface area contributed by atoms with Crippen molar-refractivity contribution in [2.24, 2.45) is 0 Å². The molecule has 1 heterocycles. The van der Waals surface area contributed by atoms with Crippen molar-refractivity contribution in [3.8, 4) is 0 Å². The molecule has 2 heteroatoms. The first-order chi connectivity index (χ1) is 12.4. The van der Waals surface area contributed by atoms with Gasteiger partial charge in [0.1, 0.15) is 0 Å². The van der Waals surface area contributed by atoms with Crippen molar-refractivity contribution in [2.75, 3.05) is 13.2 Å². The first kappa shape index (κ1) is 14.3. The van der Waals surface area contributed by atoms with Crippen LogP contribution >= 0.6 is 0 Å². The summed E-state index contributed by atoms with van der Waals surface area (Å²) in [6.45, 7) is 1.39. The maximum absolute atomic E-state index is 6.22. The molecule has 1 fully saturated rings. The average Bonchev–Trinajstić information content (AvgIpc) is 3.23. The third kappa shape index (κ3) is 1.63. The largest absolute Gasteiger partial charge is 0.349 e. The Balaban J connectivity index is 1.76. The molecule has 2 nitrogen and oxygen atoms in total. The van der Waals surface area contributed by atoms with Crippen LogP contribution in [0.25, 0.3) is 0 Å². The molecule has 0 unspecified atom stereocenters. The van der Waals surface area contributed by atoms with Crippen LogP contribution in [0.4, 0.5) is 0 Å². The van der Waals surface area contributed by atoms with E-state index >= 15 is 0 Å². The molecule has 7 rings (SSSR count). The topological polar surface area (TPSA) is 18.5 Å². The predicted octanol–water partition coefficient (Wildman–Crippen LogP) is 4.68. The number of allylic oxidation sites excluding steroid dienone is 1. The van der Waals surface area contributed by atoms with E-state index in [0.717, 1.165) is 0 Å². The lowest BCUT2D eigenvalue weighted by molar-refractivity contribution is -0.0802. The van der Waals surface area contributed by atoms with Crippen LogP contribution in [0.2, 0.25) is 0 Å². The van der Waals surface area contributed by atoms with Crippen molar-refractivity contribution in [2.45, 2.75) is 43.3 Å². The van der Waals surface area contributed by atoms with Crippen LogP contribution in [0.3, 0.4) is 0 Å². The van der Waals surface area contributed by atoms with E-state index in [4.69, 9.17) is 9.47 Å². The summed E-state index contributed by atoms with van der Waals surface area (Å²) in [5.41, 5.74) is 8.81. The smallest absolute Gasteiger partial charge is 0.175 e. The molecule has 5 aliphatic rings. The van der Waals surface area contributed by atoms with Gasteiger partial charge in [0.2, 0.25) is 0 Å². The summed E-state index contributed by atoms with van der Waals surface area (Å²) in [6, 6.07) is 18.0. The molecule has 2 bridgehead atoms. The lowest BCUT2D eigenvalue weighted by atomic mass is 9.50. The molecule has 25 heavy (non-hydrogen) atoms. The van der Waals surface area contributed by atoms with Crippen LogP contribution in [0.15, 0.2) is 59.7 Å². The zero-order valence-corrected chi connectivity index (χ0v) is 14.3. The third-order valence-electron chi connectivity index (χ3n) is 6.70. The molecule has 4 aliphatic carbocycles. The quantitative estimate of drug-likeness (QED) is 0.707. The Morgan fingerprint density at radius 2 is 1.36 bits per heavy atom. The van der Waals surface area contributed by atoms with Gasteiger partial charge < -0.3 is 9.47 Å². The van der Waals surface area contributed by atoms with Gasteiger partial charge >= 0.3 is 0 Å². The van der Waals surface area contributed by atoms with Crippen LogP contribution in [0.1, 0.15) is 53.9 Å². The van der Waals surface area contributed by atoms with Gasteiger partial charge in [0.25, 0.3) is 0 Å². The minimum absolute atomic E-state index is 0.195. The van der Waals surface area contributed by atoms with Gasteiger partial charge in [0.15, 0.2) is 6.29 Å². The van der Waals surface area contributed by atoms with Gasteiger partial charge in [0.05, 0.1) is 18.6 Å². The number of hydrogen-bond donors (Lipinski definition) is 0. The summed E-state index contributed by atoms with van der Waals surface area (Å²) in [5.74, 6) is 0.436. The second-order valence-electron chi connectivity index (χ2n) is 7.70. The molecule has 0 saturated carbocycles. The summed E-state index contributed by atoms with van der Waals surface area (Å²) in [7, 11) is 0. The maximum atomic E-state index is 6.22. The minimum atomic E-state index is -0.242. The van der Waals surface area contributed by atoms with Gasteiger partial charge in [-0.25, -0.2) is 0 Å². The van der Waals surface area contributed by atoms with Crippen molar-refractivity contribution in [1.82, 2.24) is 0 Å². The van der Waals surface area contributed by atoms with Crippen molar-refractivity contribution in [1.29, 1.82) is 0 Å². The zero-order chi connectivity index (χ0) is 16.4. The first-order valence-electron chi connectivity index (χ1n) is 9.57. The molecule has 0 aromatic heterocycles. The highest BCUT2D eigenvalue weighted by Crippen LogP contribution is 2.63. The molecular formula is C23H22O2. The number of ether oxygens (including phenoxy) is 2. The number of hydrogen-bond acceptors (Lipinski definition) is 2. The van der Waals surface area contributed by atoms with E-state index in [-0.39, 0.29) is 11.7 Å². The van der Waals surface area contributed by atoms with Gasteiger partial charge in [-0.3, -0.25) is 0 Å². The minimum Gasteiger partial charge on any atom is -0.349 e. The standard InChI is InChI=1S/C23H22O2/c1-4-10-18-15(7-1)21-16-8-2-5-11-19(16)23(18,22-24-13-14-25-22)20-12-6-3-9-17(20)21/h1-2,4-5,7-8,10-11,21-22H,3,6,9,12-14H2. The Hall–Kier alpha value is -1.90. The van der Waals surface area contributed by atoms with Crippen molar-refractivity contribution in [3.63, 3.8) is 0 Å². The normalized spacial score (nSPS) is 30.2. The fourth-order valence-electron chi connectivity index (χ4n) is 5.93. The van der Waals surface area contributed by atoms with Crippen LogP contribution in [0, 0.1) is 0 Å². The van der Waals surface area contributed by atoms with E-state index in [0.29, 0.717) is 19.1 Å². The number of benzene rings is 2. The molecule has 2 aromatic rings. The van der Waals surface area contributed by atoms with Crippen LogP contribution in [-0.2, 0) is 14.9 Å². The Morgan fingerprint density at radius 1 is 0.760 bits per heavy atom. The van der Waals surface area contributed by atoms with Gasteiger partial charge in [-0.15, -0.1) is 0 Å². The van der Waals surface area contributed by atoms with Crippen LogP contribution < -0.4 is 0 Å². The number of rotatable bonds is 1. The Bertz CT molecular complexity index is 841. The van der Waals surface area contributed by atoms with Gasteiger partial charge in [0, 0.05) is 5.92 Å². The molecule has 0 radical (unpaired) electrons. The van der Waals surface area contributed by atoms with E-state index in [2.05, 4.69) is 48.5 Å². The van der Waals surface area contributed by atoms with E-state index in [9.17, 15) is 0 Å². The summed E-state index contributed by atoms with van der Waals surface area (Å²) < 4.78 is 12.4. The molecule has 0 spiro atoms. The molecular weight excluding hydrogens is 308 g/mol. The molecule has 0 N–H and O–H groups in total. The summed E-state index contributed by atoms with van der Waals surface area (Å²) in [5, 5.41) is 0. The highest BCUT2D eigenvalue weighted by Gasteiger charge is 2.58. The molecule has 2 aromatic carbocycles.